The molecule has 0 aliphatic heterocycles. The van der Waals surface area contributed by atoms with Gasteiger partial charge in [-0.25, -0.2) is 8.78 Å². The fraction of sp³-hybridized carbons (Fsp3) is 0. The summed E-state index contributed by atoms with van der Waals surface area (Å²) in [5.74, 6) is -0.572. The summed E-state index contributed by atoms with van der Waals surface area (Å²) in [6.07, 6.45) is 6.67. The first kappa shape index (κ1) is 15.7. The number of halogens is 2. The Labute approximate surface area is 138 Å². The normalized spacial score (nSPS) is 11.4. The molecule has 0 fully saturated rings. The van der Waals surface area contributed by atoms with Crippen LogP contribution in [0.2, 0.25) is 0 Å². The van der Waals surface area contributed by atoms with E-state index in [4.69, 9.17) is 0 Å². The van der Waals surface area contributed by atoms with Crippen LogP contribution in [-0.4, -0.2) is 10.2 Å². The molecule has 0 unspecified atom stereocenters. The molecule has 0 N–H and O–H groups in total. The Hall–Kier alpha value is -3.14. The van der Waals surface area contributed by atoms with Crippen LogP contribution in [0, 0.1) is 11.6 Å². The SMILES string of the molecule is Fc1ccccc1/C=C\c1ccc(/C=C\c2ccccc2F)nn1. The van der Waals surface area contributed by atoms with Crippen molar-refractivity contribution >= 4 is 24.3 Å². The predicted molar refractivity (Wildman–Crippen MR) is 92.7 cm³/mol. The van der Waals surface area contributed by atoms with Crippen molar-refractivity contribution in [3.63, 3.8) is 0 Å². The molecule has 4 heteroatoms. The molecule has 0 saturated heterocycles. The molecule has 0 radical (unpaired) electrons. The monoisotopic (exact) mass is 320 g/mol. The van der Waals surface area contributed by atoms with Crippen LogP contribution in [0.1, 0.15) is 22.5 Å². The van der Waals surface area contributed by atoms with Crippen molar-refractivity contribution in [3.8, 4) is 0 Å². The van der Waals surface area contributed by atoms with Gasteiger partial charge in [0.2, 0.25) is 0 Å². The van der Waals surface area contributed by atoms with E-state index >= 15 is 0 Å². The Morgan fingerprint density at radius 3 is 1.33 bits per heavy atom. The maximum Gasteiger partial charge on any atom is 0.130 e. The fourth-order valence-electron chi connectivity index (χ4n) is 2.10. The Bertz CT molecular complexity index is 810. The van der Waals surface area contributed by atoms with E-state index in [2.05, 4.69) is 10.2 Å². The molecule has 118 valence electrons. The second-order valence-corrected chi connectivity index (χ2v) is 5.09. The van der Waals surface area contributed by atoms with Crippen LogP contribution < -0.4 is 0 Å². The van der Waals surface area contributed by atoms with E-state index in [1.54, 1.807) is 72.8 Å². The van der Waals surface area contributed by atoms with Crippen molar-refractivity contribution in [2.75, 3.05) is 0 Å². The van der Waals surface area contributed by atoms with Gasteiger partial charge in [0.15, 0.2) is 0 Å². The van der Waals surface area contributed by atoms with Gasteiger partial charge in [0.25, 0.3) is 0 Å². The number of aromatic nitrogens is 2. The van der Waals surface area contributed by atoms with E-state index in [0.29, 0.717) is 22.5 Å². The minimum Gasteiger partial charge on any atom is -0.206 e. The minimum absolute atomic E-state index is 0.286. The smallest absolute Gasteiger partial charge is 0.130 e. The molecule has 0 amide bonds. The van der Waals surface area contributed by atoms with E-state index < -0.39 is 0 Å². The largest absolute Gasteiger partial charge is 0.206 e. The van der Waals surface area contributed by atoms with Gasteiger partial charge < -0.3 is 0 Å². The van der Waals surface area contributed by atoms with Gasteiger partial charge >= 0.3 is 0 Å². The van der Waals surface area contributed by atoms with Crippen LogP contribution >= 0.6 is 0 Å². The molecule has 3 aromatic rings. The first-order valence-corrected chi connectivity index (χ1v) is 7.41. The lowest BCUT2D eigenvalue weighted by atomic mass is 10.1. The summed E-state index contributed by atoms with van der Waals surface area (Å²) in [6.45, 7) is 0. The van der Waals surface area contributed by atoms with Crippen LogP contribution in [0.5, 0.6) is 0 Å². The molecule has 2 nitrogen and oxygen atoms in total. The zero-order valence-corrected chi connectivity index (χ0v) is 12.7. The van der Waals surface area contributed by atoms with Gasteiger partial charge in [-0.15, -0.1) is 0 Å². The Morgan fingerprint density at radius 1 is 0.542 bits per heavy atom. The summed E-state index contributed by atoms with van der Waals surface area (Å²) in [4.78, 5) is 0. The Kier molecular flexibility index (Phi) is 4.87. The van der Waals surface area contributed by atoms with E-state index in [1.807, 2.05) is 0 Å². The molecule has 0 aliphatic rings. The lowest BCUT2D eigenvalue weighted by Gasteiger charge is -1.97. The highest BCUT2D eigenvalue weighted by Gasteiger charge is 1.98. The molecule has 0 bridgehead atoms. The Balaban J connectivity index is 1.72. The summed E-state index contributed by atoms with van der Waals surface area (Å²) in [7, 11) is 0. The van der Waals surface area contributed by atoms with E-state index in [0.717, 1.165) is 0 Å². The number of hydrogen-bond acceptors (Lipinski definition) is 2. The predicted octanol–water partition coefficient (Wildman–Crippen LogP) is 5.10. The molecule has 2 aromatic carbocycles. The van der Waals surface area contributed by atoms with Gasteiger partial charge in [-0.05, 0) is 48.6 Å². The quantitative estimate of drug-likeness (QED) is 0.668. The first-order valence-electron chi connectivity index (χ1n) is 7.41. The molecule has 0 aliphatic carbocycles. The number of nitrogens with zero attached hydrogens (tertiary/aromatic N) is 2. The van der Waals surface area contributed by atoms with E-state index in [9.17, 15) is 8.78 Å². The standard InChI is InChI=1S/C20H14F2N2/c21-19-7-3-1-5-15(19)9-11-17-13-14-18(24-23-17)12-10-16-6-2-4-8-20(16)22/h1-14H/b11-9-,12-10-. The van der Waals surface area contributed by atoms with Crippen molar-refractivity contribution in [1.82, 2.24) is 10.2 Å². The highest BCUT2D eigenvalue weighted by Crippen LogP contribution is 2.12. The lowest BCUT2D eigenvalue weighted by molar-refractivity contribution is 0.625. The van der Waals surface area contributed by atoms with Crippen molar-refractivity contribution < 1.29 is 8.78 Å². The van der Waals surface area contributed by atoms with Crippen LogP contribution in [0.4, 0.5) is 8.78 Å². The molecule has 0 saturated carbocycles. The fourth-order valence-corrected chi connectivity index (χ4v) is 2.10. The third-order valence-electron chi connectivity index (χ3n) is 3.38. The first-order chi connectivity index (χ1) is 11.7. The average Bonchev–Trinajstić information content (AvgIpc) is 2.61. The molecular weight excluding hydrogens is 306 g/mol. The van der Waals surface area contributed by atoms with Gasteiger partial charge in [0.05, 0.1) is 11.4 Å². The maximum absolute atomic E-state index is 13.5. The van der Waals surface area contributed by atoms with Crippen LogP contribution in [0.3, 0.4) is 0 Å². The van der Waals surface area contributed by atoms with Crippen LogP contribution in [0.15, 0.2) is 60.7 Å². The van der Waals surface area contributed by atoms with Gasteiger partial charge in [0.1, 0.15) is 11.6 Å². The summed E-state index contributed by atoms with van der Waals surface area (Å²) in [5.41, 5.74) is 2.20. The van der Waals surface area contributed by atoms with Gasteiger partial charge in [-0.1, -0.05) is 36.4 Å². The van der Waals surface area contributed by atoms with Crippen molar-refractivity contribution in [2.45, 2.75) is 0 Å². The summed E-state index contributed by atoms with van der Waals surface area (Å²) < 4.78 is 27.0. The van der Waals surface area contributed by atoms with Crippen LogP contribution in [0.25, 0.3) is 24.3 Å². The molecule has 1 heterocycles. The Morgan fingerprint density at radius 2 is 0.958 bits per heavy atom. The third-order valence-corrected chi connectivity index (χ3v) is 3.38. The number of rotatable bonds is 4. The minimum atomic E-state index is -0.286. The molecule has 1 aromatic heterocycles. The highest BCUT2D eigenvalue weighted by molar-refractivity contribution is 5.70. The van der Waals surface area contributed by atoms with Gasteiger partial charge in [-0.3, -0.25) is 0 Å². The molecular formula is C20H14F2N2. The molecule has 0 spiro atoms. The lowest BCUT2D eigenvalue weighted by Crippen LogP contribution is -1.89. The molecule has 3 rings (SSSR count). The van der Waals surface area contributed by atoms with E-state index in [1.165, 1.54) is 12.1 Å². The zero-order chi connectivity index (χ0) is 16.8. The second-order valence-electron chi connectivity index (χ2n) is 5.09. The van der Waals surface area contributed by atoms with Gasteiger partial charge in [-0.2, -0.15) is 10.2 Å². The maximum atomic E-state index is 13.5. The summed E-state index contributed by atoms with van der Waals surface area (Å²) in [5, 5.41) is 8.11. The summed E-state index contributed by atoms with van der Waals surface area (Å²) in [6, 6.07) is 16.5. The van der Waals surface area contributed by atoms with E-state index in [-0.39, 0.29) is 11.6 Å². The molecule has 0 atom stereocenters. The highest BCUT2D eigenvalue weighted by atomic mass is 19.1. The summed E-state index contributed by atoms with van der Waals surface area (Å²) >= 11 is 0. The number of hydrogen-bond donors (Lipinski definition) is 0. The molecule has 24 heavy (non-hydrogen) atoms. The second kappa shape index (κ2) is 7.42. The third kappa shape index (κ3) is 3.98. The topological polar surface area (TPSA) is 25.8 Å². The average molecular weight is 320 g/mol. The van der Waals surface area contributed by atoms with Crippen LogP contribution in [-0.2, 0) is 0 Å². The van der Waals surface area contributed by atoms with Gasteiger partial charge in [0, 0.05) is 11.1 Å². The van der Waals surface area contributed by atoms with Crippen molar-refractivity contribution in [3.05, 3.63) is 94.8 Å². The van der Waals surface area contributed by atoms with Crippen molar-refractivity contribution in [1.29, 1.82) is 0 Å². The number of benzene rings is 2. The zero-order valence-electron chi connectivity index (χ0n) is 12.7. The van der Waals surface area contributed by atoms with Crippen molar-refractivity contribution in [2.24, 2.45) is 0 Å².